The largest absolute Gasteiger partial charge is 0.451 e. The van der Waals surface area contributed by atoms with Gasteiger partial charge in [-0.15, -0.1) is 0 Å². The zero-order chi connectivity index (χ0) is 21.2. The first-order valence-electron chi connectivity index (χ1n) is 9.39. The summed E-state index contributed by atoms with van der Waals surface area (Å²) in [7, 11) is -3.16. The van der Waals surface area contributed by atoms with Crippen molar-refractivity contribution in [2.45, 2.75) is 38.8 Å². The van der Waals surface area contributed by atoms with Gasteiger partial charge in [0.05, 0.1) is 16.9 Å². The number of fused-ring (bicyclic) bond motifs is 1. The van der Waals surface area contributed by atoms with Crippen molar-refractivity contribution in [3.63, 3.8) is 0 Å². The highest BCUT2D eigenvalue weighted by Gasteiger charge is 2.36. The number of aromatic amines is 1. The molecule has 1 N–H and O–H groups in total. The maximum absolute atomic E-state index is 12.8. The number of sulfone groups is 1. The van der Waals surface area contributed by atoms with Gasteiger partial charge in [0.25, 0.3) is 11.5 Å². The fourth-order valence-corrected chi connectivity index (χ4v) is 5.25. The topological polar surface area (TPSA) is 126 Å². The maximum Gasteiger partial charge on any atom is 0.359 e. The highest BCUT2D eigenvalue weighted by atomic mass is 32.2. The van der Waals surface area contributed by atoms with E-state index in [9.17, 15) is 22.8 Å². The van der Waals surface area contributed by atoms with Crippen LogP contribution >= 0.6 is 0 Å². The minimum atomic E-state index is -3.16. The number of carbonyl (C=O) groups is 2. The standard InChI is InChI=1S/C19H23N3O6S/c1-3-12(2)22(13-8-9-29(26,27)11-13)16(23)10-28-19(25)17-14-6-4-5-7-15(14)18(24)21-20-17/h4-7,12-13H,3,8-11H2,1-2H3,(H,21,24)/t12-,13-/m1/s1. The summed E-state index contributed by atoms with van der Waals surface area (Å²) in [5.41, 5.74) is -0.523. The summed E-state index contributed by atoms with van der Waals surface area (Å²) in [6, 6.07) is 5.85. The number of hydrogen-bond acceptors (Lipinski definition) is 7. The van der Waals surface area contributed by atoms with Crippen molar-refractivity contribution in [3.8, 4) is 0 Å². The third-order valence-corrected chi connectivity index (χ3v) is 6.92. The lowest BCUT2D eigenvalue weighted by Gasteiger charge is -2.33. The van der Waals surface area contributed by atoms with Crippen LogP contribution in [0.3, 0.4) is 0 Å². The Balaban J connectivity index is 1.76. The summed E-state index contributed by atoms with van der Waals surface area (Å²) in [4.78, 5) is 38.6. The van der Waals surface area contributed by atoms with E-state index in [0.29, 0.717) is 18.2 Å². The number of carbonyl (C=O) groups excluding carboxylic acids is 2. The average Bonchev–Trinajstić information content (AvgIpc) is 3.05. The first kappa shape index (κ1) is 21.0. The molecule has 156 valence electrons. The Labute approximate surface area is 168 Å². The minimum Gasteiger partial charge on any atom is -0.451 e. The zero-order valence-corrected chi connectivity index (χ0v) is 17.1. The SMILES string of the molecule is CC[C@@H](C)N(C(=O)COC(=O)c1n[nH]c(=O)c2ccccc12)[C@@H]1CCS(=O)(=O)C1. The van der Waals surface area contributed by atoms with E-state index in [1.807, 2.05) is 13.8 Å². The average molecular weight is 421 g/mol. The third-order valence-electron chi connectivity index (χ3n) is 5.17. The quantitative estimate of drug-likeness (QED) is 0.687. The number of benzene rings is 1. The summed E-state index contributed by atoms with van der Waals surface area (Å²) < 4.78 is 28.8. The van der Waals surface area contributed by atoms with Crippen LogP contribution in [0.4, 0.5) is 0 Å². The number of nitrogens with one attached hydrogen (secondary N) is 1. The molecular weight excluding hydrogens is 398 g/mol. The molecule has 1 aliphatic heterocycles. The van der Waals surface area contributed by atoms with E-state index in [4.69, 9.17) is 4.74 Å². The molecule has 0 bridgehead atoms. The predicted molar refractivity (Wildman–Crippen MR) is 106 cm³/mol. The van der Waals surface area contributed by atoms with Gasteiger partial charge in [-0.1, -0.05) is 25.1 Å². The first-order chi connectivity index (χ1) is 13.7. The van der Waals surface area contributed by atoms with Gasteiger partial charge < -0.3 is 9.64 Å². The van der Waals surface area contributed by atoms with Gasteiger partial charge in [-0.25, -0.2) is 18.3 Å². The Kier molecular flexibility index (Phi) is 6.02. The molecule has 1 aromatic heterocycles. The van der Waals surface area contributed by atoms with Crippen molar-refractivity contribution in [1.29, 1.82) is 0 Å². The monoisotopic (exact) mass is 421 g/mol. The van der Waals surface area contributed by atoms with Gasteiger partial charge in [-0.2, -0.15) is 5.10 Å². The van der Waals surface area contributed by atoms with Crippen molar-refractivity contribution < 1.29 is 22.7 Å². The van der Waals surface area contributed by atoms with E-state index >= 15 is 0 Å². The fourth-order valence-electron chi connectivity index (χ4n) is 3.54. The number of H-pyrrole nitrogens is 1. The Morgan fingerprint density at radius 2 is 2.00 bits per heavy atom. The molecule has 1 amide bonds. The van der Waals surface area contributed by atoms with E-state index in [0.717, 1.165) is 0 Å². The summed E-state index contributed by atoms with van der Waals surface area (Å²) in [5, 5.41) is 6.63. The van der Waals surface area contributed by atoms with Gasteiger partial charge in [0.2, 0.25) is 0 Å². The Morgan fingerprint density at radius 3 is 2.62 bits per heavy atom. The lowest BCUT2D eigenvalue weighted by atomic mass is 10.1. The molecule has 0 radical (unpaired) electrons. The number of rotatable bonds is 6. The second-order valence-corrected chi connectivity index (χ2v) is 9.37. The van der Waals surface area contributed by atoms with Gasteiger partial charge >= 0.3 is 5.97 Å². The first-order valence-corrected chi connectivity index (χ1v) is 11.2. The van der Waals surface area contributed by atoms with Crippen LogP contribution in [0, 0.1) is 0 Å². The smallest absolute Gasteiger partial charge is 0.359 e. The van der Waals surface area contributed by atoms with Gasteiger partial charge in [0, 0.05) is 17.5 Å². The normalized spacial score (nSPS) is 19.0. The fraction of sp³-hybridized carbons (Fsp3) is 0.474. The molecule has 2 aromatic rings. The molecule has 0 unspecified atom stereocenters. The van der Waals surface area contributed by atoms with E-state index < -0.39 is 39.9 Å². The van der Waals surface area contributed by atoms with Gasteiger partial charge in [-0.3, -0.25) is 9.59 Å². The number of hydrogen-bond donors (Lipinski definition) is 1. The van der Waals surface area contributed by atoms with Crippen molar-refractivity contribution >= 4 is 32.5 Å². The number of esters is 1. The second-order valence-electron chi connectivity index (χ2n) is 7.14. The molecule has 1 saturated heterocycles. The molecule has 29 heavy (non-hydrogen) atoms. The molecule has 0 aliphatic carbocycles. The van der Waals surface area contributed by atoms with Crippen LogP contribution in [0.5, 0.6) is 0 Å². The van der Waals surface area contributed by atoms with Crippen LogP contribution in [-0.2, 0) is 19.4 Å². The Morgan fingerprint density at radius 1 is 1.31 bits per heavy atom. The van der Waals surface area contributed by atoms with Crippen molar-refractivity contribution in [2.24, 2.45) is 0 Å². The maximum atomic E-state index is 12.8. The molecule has 2 heterocycles. The van der Waals surface area contributed by atoms with Crippen LogP contribution in [0.1, 0.15) is 37.2 Å². The third kappa shape index (κ3) is 4.47. The van der Waals surface area contributed by atoms with Crippen LogP contribution in [0.15, 0.2) is 29.1 Å². The minimum absolute atomic E-state index is 0.0466. The molecular formula is C19H23N3O6S. The molecule has 10 heteroatoms. The molecule has 3 rings (SSSR count). The molecule has 9 nitrogen and oxygen atoms in total. The molecule has 1 aliphatic rings. The van der Waals surface area contributed by atoms with Crippen LogP contribution in [-0.4, -0.2) is 65.6 Å². The predicted octanol–water partition coefficient (Wildman–Crippen LogP) is 0.894. The molecule has 1 fully saturated rings. The van der Waals surface area contributed by atoms with Gasteiger partial charge in [0.15, 0.2) is 22.1 Å². The Hall–Kier alpha value is -2.75. The summed E-state index contributed by atoms with van der Waals surface area (Å²) >= 11 is 0. The van der Waals surface area contributed by atoms with Gasteiger partial charge in [0.1, 0.15) is 0 Å². The Bertz CT molecular complexity index is 1090. The van der Waals surface area contributed by atoms with E-state index in [-0.39, 0.29) is 28.6 Å². The summed E-state index contributed by atoms with van der Waals surface area (Å²) in [6.07, 6.45) is 1.01. The lowest BCUT2D eigenvalue weighted by Crippen LogP contribution is -2.48. The number of amides is 1. The van der Waals surface area contributed by atoms with Crippen LogP contribution in [0.2, 0.25) is 0 Å². The van der Waals surface area contributed by atoms with Crippen molar-refractivity contribution in [1.82, 2.24) is 15.1 Å². The molecule has 0 spiro atoms. The van der Waals surface area contributed by atoms with Gasteiger partial charge in [-0.05, 0) is 25.8 Å². The molecule has 0 saturated carbocycles. The molecule has 2 atom stereocenters. The summed E-state index contributed by atoms with van der Waals surface area (Å²) in [6.45, 7) is 3.20. The van der Waals surface area contributed by atoms with E-state index in [2.05, 4.69) is 10.2 Å². The van der Waals surface area contributed by atoms with Crippen molar-refractivity contribution in [3.05, 3.63) is 40.3 Å². The lowest BCUT2D eigenvalue weighted by molar-refractivity contribution is -0.138. The number of nitrogens with zero attached hydrogens (tertiary/aromatic N) is 2. The highest BCUT2D eigenvalue weighted by Crippen LogP contribution is 2.22. The number of ether oxygens (including phenoxy) is 1. The van der Waals surface area contributed by atoms with E-state index in [1.165, 1.54) is 4.90 Å². The van der Waals surface area contributed by atoms with Crippen LogP contribution in [0.25, 0.3) is 10.8 Å². The molecule has 1 aromatic carbocycles. The van der Waals surface area contributed by atoms with E-state index in [1.54, 1.807) is 24.3 Å². The van der Waals surface area contributed by atoms with Crippen LogP contribution < -0.4 is 5.56 Å². The highest BCUT2D eigenvalue weighted by molar-refractivity contribution is 7.91. The van der Waals surface area contributed by atoms with Crippen molar-refractivity contribution in [2.75, 3.05) is 18.1 Å². The second kappa shape index (κ2) is 8.32. The number of aromatic nitrogens is 2. The zero-order valence-electron chi connectivity index (χ0n) is 16.3. The summed E-state index contributed by atoms with van der Waals surface area (Å²) in [5.74, 6) is -1.33.